The van der Waals surface area contributed by atoms with Crippen LogP contribution in [0.15, 0.2) is 24.3 Å². The maximum Gasteiger partial charge on any atom is 0.0320 e. The average molecular weight is 259 g/mol. The van der Waals surface area contributed by atoms with Gasteiger partial charge in [0.05, 0.1) is 0 Å². The van der Waals surface area contributed by atoms with Crippen LogP contribution in [0.5, 0.6) is 0 Å². The zero-order valence-corrected chi connectivity index (χ0v) is 12.6. The van der Waals surface area contributed by atoms with E-state index in [-0.39, 0.29) is 0 Å². The maximum atomic E-state index is 3.72. The molecule has 19 heavy (non-hydrogen) atoms. The normalized spacial score (nSPS) is 17.2. The van der Waals surface area contributed by atoms with Crippen LogP contribution in [0.3, 0.4) is 0 Å². The van der Waals surface area contributed by atoms with Gasteiger partial charge in [-0.05, 0) is 49.3 Å². The average Bonchev–Trinajstić information content (AvgIpc) is 2.37. The summed E-state index contributed by atoms with van der Waals surface area (Å²) in [4.78, 5) is 0. The van der Waals surface area contributed by atoms with Crippen molar-refractivity contribution in [2.45, 2.75) is 70.8 Å². The molecule has 0 saturated heterocycles. The Balaban J connectivity index is 2.05. The van der Waals surface area contributed by atoms with Crippen molar-refractivity contribution in [1.29, 1.82) is 0 Å². The molecule has 0 amide bonds. The highest BCUT2D eigenvalue weighted by atomic mass is 14.9. The number of nitrogens with one attached hydrogen (secondary N) is 1. The van der Waals surface area contributed by atoms with Crippen LogP contribution < -0.4 is 5.32 Å². The molecule has 0 radical (unpaired) electrons. The Labute approximate surface area is 118 Å². The molecule has 1 fully saturated rings. The molecule has 1 aliphatic carbocycles. The van der Waals surface area contributed by atoms with Gasteiger partial charge in [0, 0.05) is 6.04 Å². The van der Waals surface area contributed by atoms with Gasteiger partial charge in [-0.1, -0.05) is 57.4 Å². The van der Waals surface area contributed by atoms with Gasteiger partial charge in [0.15, 0.2) is 0 Å². The molecule has 1 aromatic rings. The van der Waals surface area contributed by atoms with E-state index in [9.17, 15) is 0 Å². The van der Waals surface area contributed by atoms with Crippen molar-refractivity contribution in [3.05, 3.63) is 35.4 Å². The molecule has 1 saturated carbocycles. The van der Waals surface area contributed by atoms with E-state index in [0.717, 1.165) is 12.5 Å². The van der Waals surface area contributed by atoms with Crippen molar-refractivity contribution >= 4 is 0 Å². The Kier molecular flexibility index (Phi) is 5.91. The van der Waals surface area contributed by atoms with Gasteiger partial charge in [-0.3, -0.25) is 0 Å². The molecule has 1 aliphatic rings. The Morgan fingerprint density at radius 3 is 2.68 bits per heavy atom. The van der Waals surface area contributed by atoms with Crippen LogP contribution in [0.4, 0.5) is 0 Å². The highest BCUT2D eigenvalue weighted by Crippen LogP contribution is 2.37. The van der Waals surface area contributed by atoms with Crippen LogP contribution in [0, 0.1) is 0 Å². The van der Waals surface area contributed by atoms with E-state index in [1.807, 2.05) is 0 Å². The number of hydrogen-bond donors (Lipinski definition) is 1. The molecule has 0 heterocycles. The SMILES string of the molecule is CCCCC(NCCC)c1cccc(C2CCC2)c1. The number of hydrogen-bond acceptors (Lipinski definition) is 1. The quantitative estimate of drug-likeness (QED) is 0.678. The highest BCUT2D eigenvalue weighted by molar-refractivity contribution is 5.29. The predicted molar refractivity (Wildman–Crippen MR) is 83.6 cm³/mol. The smallest absolute Gasteiger partial charge is 0.0320 e. The van der Waals surface area contributed by atoms with Crippen molar-refractivity contribution in [3.8, 4) is 0 Å². The molecule has 2 rings (SSSR count). The van der Waals surface area contributed by atoms with Crippen LogP contribution in [-0.2, 0) is 0 Å². The van der Waals surface area contributed by atoms with Gasteiger partial charge in [0.1, 0.15) is 0 Å². The second kappa shape index (κ2) is 7.69. The molecule has 1 unspecified atom stereocenters. The monoisotopic (exact) mass is 259 g/mol. The van der Waals surface area contributed by atoms with Gasteiger partial charge in [0.2, 0.25) is 0 Å². The fraction of sp³-hybridized carbons (Fsp3) is 0.667. The van der Waals surface area contributed by atoms with Crippen LogP contribution in [0.2, 0.25) is 0 Å². The molecule has 1 aromatic carbocycles. The summed E-state index contributed by atoms with van der Waals surface area (Å²) in [7, 11) is 0. The Morgan fingerprint density at radius 2 is 2.05 bits per heavy atom. The molecule has 106 valence electrons. The lowest BCUT2D eigenvalue weighted by molar-refractivity contribution is 0.418. The summed E-state index contributed by atoms with van der Waals surface area (Å²) in [5.74, 6) is 0.845. The van der Waals surface area contributed by atoms with Crippen molar-refractivity contribution in [2.24, 2.45) is 0 Å². The van der Waals surface area contributed by atoms with E-state index >= 15 is 0 Å². The van der Waals surface area contributed by atoms with Crippen molar-refractivity contribution in [1.82, 2.24) is 5.32 Å². The highest BCUT2D eigenvalue weighted by Gasteiger charge is 2.20. The standard InChI is InChI=1S/C18H29N/c1-3-5-12-18(19-13-4-2)17-11-7-10-16(14-17)15-8-6-9-15/h7,10-11,14-15,18-19H,3-6,8-9,12-13H2,1-2H3. The zero-order valence-electron chi connectivity index (χ0n) is 12.6. The van der Waals surface area contributed by atoms with Gasteiger partial charge in [-0.2, -0.15) is 0 Å². The van der Waals surface area contributed by atoms with Crippen molar-refractivity contribution in [2.75, 3.05) is 6.54 Å². The Morgan fingerprint density at radius 1 is 1.21 bits per heavy atom. The second-order valence-corrected chi connectivity index (χ2v) is 5.95. The van der Waals surface area contributed by atoms with Crippen molar-refractivity contribution < 1.29 is 0 Å². The van der Waals surface area contributed by atoms with E-state index in [1.165, 1.54) is 50.5 Å². The van der Waals surface area contributed by atoms with E-state index in [1.54, 1.807) is 5.56 Å². The molecular weight excluding hydrogens is 230 g/mol. The molecule has 0 bridgehead atoms. The van der Waals surface area contributed by atoms with Crippen LogP contribution in [-0.4, -0.2) is 6.54 Å². The lowest BCUT2D eigenvalue weighted by atomic mass is 9.79. The van der Waals surface area contributed by atoms with Gasteiger partial charge >= 0.3 is 0 Å². The summed E-state index contributed by atoms with van der Waals surface area (Å²) in [6.07, 6.45) is 9.29. The topological polar surface area (TPSA) is 12.0 Å². The lowest BCUT2D eigenvalue weighted by Crippen LogP contribution is -2.22. The Bertz CT molecular complexity index is 360. The Hall–Kier alpha value is -0.820. The van der Waals surface area contributed by atoms with E-state index in [4.69, 9.17) is 0 Å². The predicted octanol–water partition coefficient (Wildman–Crippen LogP) is 5.19. The van der Waals surface area contributed by atoms with Crippen LogP contribution in [0.1, 0.15) is 81.9 Å². The summed E-state index contributed by atoms with van der Waals surface area (Å²) in [5, 5.41) is 3.72. The number of rotatable bonds is 8. The first-order chi connectivity index (χ1) is 9.35. The third-order valence-corrected chi connectivity index (χ3v) is 4.38. The fourth-order valence-electron chi connectivity index (χ4n) is 2.88. The first-order valence-corrected chi connectivity index (χ1v) is 8.18. The minimum absolute atomic E-state index is 0.555. The maximum absolute atomic E-state index is 3.72. The van der Waals surface area contributed by atoms with E-state index in [0.29, 0.717) is 6.04 Å². The summed E-state index contributed by atoms with van der Waals surface area (Å²) in [5.41, 5.74) is 3.08. The van der Waals surface area contributed by atoms with Crippen LogP contribution in [0.25, 0.3) is 0 Å². The van der Waals surface area contributed by atoms with Gasteiger partial charge in [-0.15, -0.1) is 0 Å². The molecular formula is C18H29N. The molecule has 0 aliphatic heterocycles. The molecule has 0 spiro atoms. The summed E-state index contributed by atoms with van der Waals surface area (Å²) >= 11 is 0. The van der Waals surface area contributed by atoms with E-state index in [2.05, 4.69) is 43.4 Å². The lowest BCUT2D eigenvalue weighted by Gasteiger charge is -2.27. The molecule has 1 nitrogen and oxygen atoms in total. The van der Waals surface area contributed by atoms with Gasteiger partial charge in [-0.25, -0.2) is 0 Å². The fourth-order valence-corrected chi connectivity index (χ4v) is 2.88. The molecule has 1 N–H and O–H groups in total. The van der Waals surface area contributed by atoms with Crippen molar-refractivity contribution in [3.63, 3.8) is 0 Å². The minimum Gasteiger partial charge on any atom is -0.310 e. The van der Waals surface area contributed by atoms with Gasteiger partial charge in [0.25, 0.3) is 0 Å². The first kappa shape index (κ1) is 14.6. The molecule has 0 aromatic heterocycles. The van der Waals surface area contributed by atoms with Crippen LogP contribution >= 0.6 is 0 Å². The number of benzene rings is 1. The third-order valence-electron chi connectivity index (χ3n) is 4.38. The molecule has 1 heteroatoms. The number of unbranched alkanes of at least 4 members (excludes halogenated alkanes) is 1. The van der Waals surface area contributed by atoms with Gasteiger partial charge < -0.3 is 5.32 Å². The first-order valence-electron chi connectivity index (χ1n) is 8.18. The summed E-state index contributed by atoms with van der Waals surface area (Å²) in [6.45, 7) is 5.65. The second-order valence-electron chi connectivity index (χ2n) is 5.95. The van der Waals surface area contributed by atoms with E-state index < -0.39 is 0 Å². The summed E-state index contributed by atoms with van der Waals surface area (Å²) in [6, 6.07) is 9.91. The minimum atomic E-state index is 0.555. The third kappa shape index (κ3) is 4.07. The largest absolute Gasteiger partial charge is 0.310 e. The zero-order chi connectivity index (χ0) is 13.5. The summed E-state index contributed by atoms with van der Waals surface area (Å²) < 4.78 is 0. The molecule has 1 atom stereocenters.